The van der Waals surface area contributed by atoms with E-state index in [-0.39, 0.29) is 5.69 Å². The summed E-state index contributed by atoms with van der Waals surface area (Å²) in [6, 6.07) is 9.07. The Hall–Kier alpha value is -1.94. The average Bonchev–Trinajstić information content (AvgIpc) is 2.33. The maximum atomic E-state index is 13.3. The predicted molar refractivity (Wildman–Crippen MR) is 65.8 cm³/mol. The fraction of sp³-hybridized carbons (Fsp3) is 0. The minimum Gasteiger partial charge on any atom is -0.319 e. The van der Waals surface area contributed by atoms with Gasteiger partial charge in [0.2, 0.25) is 0 Å². The van der Waals surface area contributed by atoms with Gasteiger partial charge in [0.25, 0.3) is 5.91 Å². The fourth-order valence-electron chi connectivity index (χ4n) is 1.39. The number of hydrogen-bond acceptors (Lipinski definition) is 1. The lowest BCUT2D eigenvalue weighted by molar-refractivity contribution is 0.102. The summed E-state index contributed by atoms with van der Waals surface area (Å²) in [5, 5.41) is 2.85. The monoisotopic (exact) mass is 267 g/mol. The van der Waals surface area contributed by atoms with Crippen LogP contribution in [0.4, 0.5) is 14.5 Å². The first-order valence-electron chi connectivity index (χ1n) is 5.08. The molecule has 5 heteroatoms. The van der Waals surface area contributed by atoms with E-state index in [1.165, 1.54) is 18.2 Å². The number of benzene rings is 2. The molecule has 0 spiro atoms. The average molecular weight is 268 g/mol. The van der Waals surface area contributed by atoms with Crippen LogP contribution in [-0.4, -0.2) is 5.91 Å². The number of nitrogens with one attached hydrogen (secondary N) is 1. The molecule has 2 rings (SSSR count). The third-order valence-corrected chi connectivity index (χ3v) is 2.54. The highest BCUT2D eigenvalue weighted by Gasteiger charge is 2.09. The number of carbonyl (C=O) groups is 1. The zero-order valence-corrected chi connectivity index (χ0v) is 9.84. The van der Waals surface area contributed by atoms with Gasteiger partial charge in [-0.2, -0.15) is 0 Å². The highest BCUT2D eigenvalue weighted by molar-refractivity contribution is 6.30. The highest BCUT2D eigenvalue weighted by Crippen LogP contribution is 2.17. The Balaban J connectivity index is 2.18. The second kappa shape index (κ2) is 5.14. The van der Waals surface area contributed by atoms with Crippen molar-refractivity contribution in [3.8, 4) is 0 Å². The number of rotatable bonds is 2. The normalized spacial score (nSPS) is 10.2. The van der Waals surface area contributed by atoms with Gasteiger partial charge in [-0.1, -0.05) is 11.6 Å². The van der Waals surface area contributed by atoms with E-state index in [9.17, 15) is 13.6 Å². The van der Waals surface area contributed by atoms with Crippen molar-refractivity contribution in [3.05, 3.63) is 64.7 Å². The van der Waals surface area contributed by atoms with Crippen LogP contribution in [0.1, 0.15) is 10.4 Å². The summed E-state index contributed by atoms with van der Waals surface area (Å²) in [6.07, 6.45) is 0. The smallest absolute Gasteiger partial charge is 0.255 e. The van der Waals surface area contributed by atoms with E-state index in [1.54, 1.807) is 12.1 Å². The van der Waals surface area contributed by atoms with Crippen LogP contribution in [0.3, 0.4) is 0 Å². The minimum absolute atomic E-state index is 0.0728. The van der Waals surface area contributed by atoms with E-state index < -0.39 is 17.5 Å². The summed E-state index contributed by atoms with van der Waals surface area (Å²) in [5.41, 5.74) is 0.263. The Kier molecular flexibility index (Phi) is 3.58. The molecule has 0 aliphatic heterocycles. The quantitative estimate of drug-likeness (QED) is 0.879. The molecule has 2 aromatic carbocycles. The highest BCUT2D eigenvalue weighted by atomic mass is 35.5. The molecular weight excluding hydrogens is 260 g/mol. The van der Waals surface area contributed by atoms with Crippen molar-refractivity contribution in [1.29, 1.82) is 0 Å². The third kappa shape index (κ3) is 2.84. The molecule has 2 aromatic rings. The van der Waals surface area contributed by atoms with Gasteiger partial charge < -0.3 is 5.32 Å². The Bertz CT molecular complexity index is 584. The van der Waals surface area contributed by atoms with Crippen LogP contribution in [0, 0.1) is 11.6 Å². The first-order valence-corrected chi connectivity index (χ1v) is 5.46. The van der Waals surface area contributed by atoms with Gasteiger partial charge in [-0.05, 0) is 36.4 Å². The van der Waals surface area contributed by atoms with Crippen LogP contribution in [0.2, 0.25) is 5.02 Å². The topological polar surface area (TPSA) is 29.1 Å². The second-order valence-corrected chi connectivity index (χ2v) is 4.02. The largest absolute Gasteiger partial charge is 0.319 e. The number of anilines is 1. The van der Waals surface area contributed by atoms with Crippen LogP contribution in [0.5, 0.6) is 0 Å². The molecular formula is C13H8ClF2NO. The van der Waals surface area contributed by atoms with Crippen molar-refractivity contribution in [1.82, 2.24) is 0 Å². The maximum Gasteiger partial charge on any atom is 0.255 e. The standard InChI is InChI=1S/C13H8ClF2NO/c14-9-3-1-8(2-4-9)13(18)17-12-6-5-10(15)7-11(12)16/h1-7H,(H,17,18). The number of amides is 1. The van der Waals surface area contributed by atoms with Crippen molar-refractivity contribution in [2.75, 3.05) is 5.32 Å². The molecule has 0 aliphatic carbocycles. The van der Waals surface area contributed by atoms with E-state index in [0.717, 1.165) is 6.07 Å². The van der Waals surface area contributed by atoms with Crippen molar-refractivity contribution < 1.29 is 13.6 Å². The van der Waals surface area contributed by atoms with E-state index in [2.05, 4.69) is 5.32 Å². The van der Waals surface area contributed by atoms with E-state index >= 15 is 0 Å². The summed E-state index contributed by atoms with van der Waals surface area (Å²) >= 11 is 5.69. The van der Waals surface area contributed by atoms with Gasteiger partial charge in [0, 0.05) is 16.7 Å². The molecule has 0 radical (unpaired) electrons. The SMILES string of the molecule is O=C(Nc1ccc(F)cc1F)c1ccc(Cl)cc1. The second-order valence-electron chi connectivity index (χ2n) is 3.59. The van der Waals surface area contributed by atoms with Crippen LogP contribution in [0.25, 0.3) is 0 Å². The molecule has 0 bridgehead atoms. The van der Waals surface area contributed by atoms with Crippen molar-refractivity contribution in [2.24, 2.45) is 0 Å². The molecule has 0 unspecified atom stereocenters. The Morgan fingerprint density at radius 2 is 1.72 bits per heavy atom. The molecule has 0 fully saturated rings. The molecule has 92 valence electrons. The van der Waals surface area contributed by atoms with Crippen molar-refractivity contribution >= 4 is 23.2 Å². The summed E-state index contributed by atoms with van der Waals surface area (Å²) < 4.78 is 26.0. The van der Waals surface area contributed by atoms with Gasteiger partial charge >= 0.3 is 0 Å². The first-order chi connectivity index (χ1) is 8.56. The molecule has 0 aromatic heterocycles. The van der Waals surface area contributed by atoms with Crippen molar-refractivity contribution in [2.45, 2.75) is 0 Å². The third-order valence-electron chi connectivity index (χ3n) is 2.29. The minimum atomic E-state index is -0.822. The Morgan fingerprint density at radius 3 is 2.33 bits per heavy atom. The molecule has 0 saturated carbocycles. The fourth-order valence-corrected chi connectivity index (χ4v) is 1.51. The molecule has 2 nitrogen and oxygen atoms in total. The predicted octanol–water partition coefficient (Wildman–Crippen LogP) is 3.87. The molecule has 18 heavy (non-hydrogen) atoms. The van der Waals surface area contributed by atoms with Crippen LogP contribution >= 0.6 is 11.6 Å². The summed E-state index contributed by atoms with van der Waals surface area (Å²) in [5.74, 6) is -2.01. The maximum absolute atomic E-state index is 13.3. The van der Waals surface area contributed by atoms with Gasteiger partial charge in [-0.15, -0.1) is 0 Å². The zero-order chi connectivity index (χ0) is 13.1. The summed E-state index contributed by atoms with van der Waals surface area (Å²) in [6.45, 7) is 0. The van der Waals surface area contributed by atoms with Gasteiger partial charge in [0.05, 0.1) is 5.69 Å². The molecule has 1 amide bonds. The number of carbonyl (C=O) groups excluding carboxylic acids is 1. The van der Waals surface area contributed by atoms with Gasteiger partial charge in [0.1, 0.15) is 11.6 Å². The van der Waals surface area contributed by atoms with Gasteiger partial charge in [0.15, 0.2) is 0 Å². The Morgan fingerprint density at radius 1 is 1.06 bits per heavy atom. The summed E-state index contributed by atoms with van der Waals surface area (Å²) in [4.78, 5) is 11.7. The van der Waals surface area contributed by atoms with Gasteiger partial charge in [-0.3, -0.25) is 4.79 Å². The molecule has 0 aliphatic rings. The van der Waals surface area contributed by atoms with Crippen LogP contribution < -0.4 is 5.32 Å². The van der Waals surface area contributed by atoms with Crippen molar-refractivity contribution in [3.63, 3.8) is 0 Å². The lowest BCUT2D eigenvalue weighted by Gasteiger charge is -2.06. The van der Waals surface area contributed by atoms with E-state index in [0.29, 0.717) is 16.7 Å². The molecule has 0 heterocycles. The van der Waals surface area contributed by atoms with E-state index in [1.807, 2.05) is 0 Å². The first kappa shape index (κ1) is 12.5. The number of halogens is 3. The van der Waals surface area contributed by atoms with Crippen LogP contribution in [0.15, 0.2) is 42.5 Å². The lowest BCUT2D eigenvalue weighted by Crippen LogP contribution is -2.12. The number of hydrogen-bond donors (Lipinski definition) is 1. The van der Waals surface area contributed by atoms with E-state index in [4.69, 9.17) is 11.6 Å². The molecule has 0 atom stereocenters. The molecule has 0 saturated heterocycles. The Labute approximate surface area is 107 Å². The lowest BCUT2D eigenvalue weighted by atomic mass is 10.2. The zero-order valence-electron chi connectivity index (χ0n) is 9.08. The molecule has 1 N–H and O–H groups in total. The summed E-state index contributed by atoms with van der Waals surface area (Å²) in [7, 11) is 0. The van der Waals surface area contributed by atoms with Gasteiger partial charge in [-0.25, -0.2) is 8.78 Å². The van der Waals surface area contributed by atoms with Crippen LogP contribution in [-0.2, 0) is 0 Å².